The number of carbonyl (C=O) groups is 8. The number of hydrogen-bond donors (Lipinski definition) is 6. The van der Waals surface area contributed by atoms with Gasteiger partial charge in [-0.2, -0.15) is 0 Å². The Balaban J connectivity index is 1.44. The normalized spacial score (nSPS) is 18.2. The van der Waals surface area contributed by atoms with Gasteiger partial charge in [0.1, 0.15) is 5.60 Å². The number of ether oxygens (including phenoxy) is 1. The van der Waals surface area contributed by atoms with Gasteiger partial charge in [-0.15, -0.1) is 0 Å². The Morgan fingerprint density at radius 1 is 0.600 bits per heavy atom. The number of ketones is 1. The molecule has 3 saturated carbocycles. The topological polar surface area (TPSA) is 226 Å². The zero-order valence-electron chi connectivity index (χ0n) is 38.8. The van der Waals surface area contributed by atoms with Gasteiger partial charge in [0.25, 0.3) is 5.91 Å². The monoisotopic (exact) mass is 928 g/mol. The predicted molar refractivity (Wildman–Crippen MR) is 246 cm³/mol. The van der Waals surface area contributed by atoms with E-state index in [2.05, 4.69) is 26.6 Å². The summed E-state index contributed by atoms with van der Waals surface area (Å²) >= 11 is 5.97. The van der Waals surface area contributed by atoms with Crippen molar-refractivity contribution < 1.29 is 48.2 Å². The third-order valence-electron chi connectivity index (χ3n) is 13.0. The molecular weight excluding hydrogens is 854 g/mol. The molecule has 16 heteroatoms. The van der Waals surface area contributed by atoms with Gasteiger partial charge in [0.05, 0.1) is 6.42 Å². The highest BCUT2D eigenvalue weighted by atomic mass is 35.5. The van der Waals surface area contributed by atoms with E-state index >= 15 is 0 Å². The second kappa shape index (κ2) is 27.2. The fourth-order valence-electron chi connectivity index (χ4n) is 9.64. The van der Waals surface area contributed by atoms with E-state index in [9.17, 15) is 38.4 Å². The molecule has 0 aromatic heterocycles. The van der Waals surface area contributed by atoms with Crippen molar-refractivity contribution in [2.45, 2.75) is 205 Å². The minimum absolute atomic E-state index is 0.0124. The molecule has 3 aliphatic carbocycles. The zero-order valence-corrected chi connectivity index (χ0v) is 39.6. The maximum Gasteiger partial charge on any atom is 0.306 e. The molecule has 0 aliphatic heterocycles. The van der Waals surface area contributed by atoms with E-state index in [0.717, 1.165) is 102 Å². The minimum Gasteiger partial charge on any atom is -0.481 e. The molecule has 1 aromatic carbocycles. The average molecular weight is 929 g/mol. The van der Waals surface area contributed by atoms with Gasteiger partial charge in [-0.05, 0) is 101 Å². The van der Waals surface area contributed by atoms with Crippen LogP contribution in [0, 0.1) is 17.8 Å². The number of Topliss-reactive ketones (excluding diaryl/α,β-unsaturated/α-hetero) is 1. The Morgan fingerprint density at radius 2 is 1.03 bits per heavy atom. The molecule has 4 rings (SSSR count). The van der Waals surface area contributed by atoms with Crippen molar-refractivity contribution >= 4 is 58.9 Å². The van der Waals surface area contributed by atoms with Crippen molar-refractivity contribution in [2.75, 3.05) is 0 Å². The number of amides is 5. The summed E-state index contributed by atoms with van der Waals surface area (Å²) in [5.74, 6) is -4.36. The van der Waals surface area contributed by atoms with E-state index in [4.69, 9.17) is 21.4 Å². The summed E-state index contributed by atoms with van der Waals surface area (Å²) in [6.45, 7) is 5.33. The smallest absolute Gasteiger partial charge is 0.306 e. The standard InChI is InChI=1S/C49H74ClN5O10/c1-49(2,3)65-47(63)26-23-37(27-41(56)48(64)51-31-32-19-21-36(50)22-20-32)52-43(58)28-39(34-15-9-5-10-16-34)54-45(60)30-40(35-17-11-6-12-18-35)55-44(59)29-38(33-13-7-4-8-14-33)53-42(57)24-25-46(61)62/h19-22,33-35,37-40H,4-18,23-31H2,1-3H3,(H,51,64)(H,52,58)(H,53,57)(H,54,60)(H,55,59)(H,61,62)/t37-,38+,39+,40+/m0/s1. The fourth-order valence-corrected chi connectivity index (χ4v) is 9.77. The van der Waals surface area contributed by atoms with Crippen LogP contribution in [0.5, 0.6) is 0 Å². The number of benzene rings is 1. The fraction of sp³-hybridized carbons (Fsp3) is 0.714. The lowest BCUT2D eigenvalue weighted by molar-refractivity contribution is -0.155. The molecule has 0 heterocycles. The largest absolute Gasteiger partial charge is 0.481 e. The summed E-state index contributed by atoms with van der Waals surface area (Å²) in [7, 11) is 0. The highest BCUT2D eigenvalue weighted by Crippen LogP contribution is 2.31. The Kier molecular flexibility index (Phi) is 22.2. The maximum absolute atomic E-state index is 14.1. The number of aliphatic carboxylic acids is 1. The van der Waals surface area contributed by atoms with Crippen LogP contribution in [0.4, 0.5) is 0 Å². The van der Waals surface area contributed by atoms with Crippen LogP contribution in [-0.4, -0.2) is 82.1 Å². The Bertz CT molecular complexity index is 1750. The third-order valence-corrected chi connectivity index (χ3v) is 13.3. The SMILES string of the molecule is CC(C)(C)OC(=O)CC[C@@H](CC(=O)C(=O)NCc1ccc(Cl)cc1)NC(=O)C[C@@H](NC(=O)C[C@@H](NC(=O)C[C@@H](NC(=O)CCC(=O)O)C1CCCCC1)C1CCCCC1)C1CCCCC1. The minimum atomic E-state index is -1.06. The first-order valence-corrected chi connectivity index (χ1v) is 24.5. The van der Waals surface area contributed by atoms with E-state index in [1.54, 1.807) is 45.0 Å². The highest BCUT2D eigenvalue weighted by molar-refractivity contribution is 6.36. The van der Waals surface area contributed by atoms with Crippen molar-refractivity contribution in [3.8, 4) is 0 Å². The summed E-state index contributed by atoms with van der Waals surface area (Å²) in [5.41, 5.74) is 0.00492. The van der Waals surface area contributed by atoms with E-state index in [1.807, 2.05) is 0 Å². The second-order valence-electron chi connectivity index (χ2n) is 19.5. The van der Waals surface area contributed by atoms with E-state index in [0.29, 0.717) is 5.02 Å². The first-order valence-electron chi connectivity index (χ1n) is 24.1. The molecule has 4 atom stereocenters. The van der Waals surface area contributed by atoms with Gasteiger partial charge in [0.15, 0.2) is 0 Å². The number of carbonyl (C=O) groups excluding carboxylic acids is 7. The average Bonchev–Trinajstić information content (AvgIpc) is 3.26. The summed E-state index contributed by atoms with van der Waals surface area (Å²) in [6, 6.07) is 4.51. The summed E-state index contributed by atoms with van der Waals surface area (Å²) in [6.07, 6.45) is 13.2. The number of esters is 1. The Hall–Kier alpha value is -4.53. The van der Waals surface area contributed by atoms with Crippen LogP contribution in [0.2, 0.25) is 5.02 Å². The number of rotatable bonds is 24. The number of carboxylic acid groups (broad SMARTS) is 1. The molecule has 15 nitrogen and oxygen atoms in total. The van der Waals surface area contributed by atoms with Gasteiger partial charge in [-0.3, -0.25) is 38.4 Å². The molecule has 0 unspecified atom stereocenters. The van der Waals surface area contributed by atoms with Crippen LogP contribution in [-0.2, 0) is 49.6 Å². The van der Waals surface area contributed by atoms with Gasteiger partial charge >= 0.3 is 11.9 Å². The first kappa shape index (κ1) is 53.1. The number of halogens is 1. The van der Waals surface area contributed by atoms with Gasteiger partial charge in [-0.25, -0.2) is 0 Å². The molecule has 0 spiro atoms. The van der Waals surface area contributed by atoms with Crippen LogP contribution < -0.4 is 26.6 Å². The lowest BCUT2D eigenvalue weighted by Gasteiger charge is -2.34. The van der Waals surface area contributed by atoms with Crippen molar-refractivity contribution in [2.24, 2.45) is 17.8 Å². The molecule has 65 heavy (non-hydrogen) atoms. The highest BCUT2D eigenvalue weighted by Gasteiger charge is 2.34. The number of hydrogen-bond acceptors (Lipinski definition) is 9. The van der Waals surface area contributed by atoms with E-state index in [-0.39, 0.29) is 87.5 Å². The van der Waals surface area contributed by atoms with Gasteiger partial charge in [-0.1, -0.05) is 81.5 Å². The van der Waals surface area contributed by atoms with Crippen LogP contribution in [0.3, 0.4) is 0 Å². The molecule has 3 aliphatic rings. The number of carboxylic acids is 1. The Labute approximate surface area is 389 Å². The number of nitrogens with one attached hydrogen (secondary N) is 5. The quantitative estimate of drug-likeness (QED) is 0.0472. The van der Waals surface area contributed by atoms with Crippen molar-refractivity contribution in [3.63, 3.8) is 0 Å². The van der Waals surface area contributed by atoms with Crippen molar-refractivity contribution in [1.82, 2.24) is 26.6 Å². The summed E-state index contributed by atoms with van der Waals surface area (Å²) < 4.78 is 5.47. The molecule has 0 bridgehead atoms. The maximum atomic E-state index is 14.1. The first-order chi connectivity index (χ1) is 30.9. The van der Waals surface area contributed by atoms with Crippen LogP contribution >= 0.6 is 11.6 Å². The predicted octanol–water partition coefficient (Wildman–Crippen LogP) is 6.75. The molecular formula is C49H74ClN5O10. The molecule has 1 aromatic rings. The zero-order chi connectivity index (χ0) is 47.4. The summed E-state index contributed by atoms with van der Waals surface area (Å²) in [5, 5.41) is 24.5. The molecule has 5 amide bonds. The molecule has 0 saturated heterocycles. The molecule has 362 valence electrons. The Morgan fingerprint density at radius 3 is 1.46 bits per heavy atom. The van der Waals surface area contributed by atoms with Crippen LogP contribution in [0.15, 0.2) is 24.3 Å². The second-order valence-corrected chi connectivity index (χ2v) is 20.0. The van der Waals surface area contributed by atoms with E-state index in [1.165, 1.54) is 0 Å². The van der Waals surface area contributed by atoms with Gasteiger partial charge in [0, 0.05) is 74.3 Å². The van der Waals surface area contributed by atoms with Crippen LogP contribution in [0.1, 0.15) is 174 Å². The lowest BCUT2D eigenvalue weighted by Crippen LogP contribution is -2.50. The van der Waals surface area contributed by atoms with E-state index < -0.39 is 65.2 Å². The summed E-state index contributed by atoms with van der Waals surface area (Å²) in [4.78, 5) is 105. The van der Waals surface area contributed by atoms with Crippen LogP contribution in [0.25, 0.3) is 0 Å². The molecule has 6 N–H and O–H groups in total. The lowest BCUT2D eigenvalue weighted by atomic mass is 9.81. The van der Waals surface area contributed by atoms with Gasteiger partial charge < -0.3 is 36.4 Å². The van der Waals surface area contributed by atoms with Crippen molar-refractivity contribution in [3.05, 3.63) is 34.9 Å². The van der Waals surface area contributed by atoms with Gasteiger partial charge in [0.2, 0.25) is 29.4 Å². The molecule has 0 radical (unpaired) electrons. The molecule has 3 fully saturated rings. The van der Waals surface area contributed by atoms with Crippen molar-refractivity contribution in [1.29, 1.82) is 0 Å². The third kappa shape index (κ3) is 20.7.